The van der Waals surface area contributed by atoms with E-state index in [0.29, 0.717) is 5.56 Å². The van der Waals surface area contributed by atoms with Gasteiger partial charge in [0, 0.05) is 10.3 Å². The van der Waals surface area contributed by atoms with Crippen LogP contribution in [0.2, 0.25) is 0 Å². The summed E-state index contributed by atoms with van der Waals surface area (Å²) in [5.74, 6) is -0.311. The highest BCUT2D eigenvalue weighted by atomic mass is 32.2. The molecule has 0 unspecified atom stereocenters. The number of hydrogen-bond donors (Lipinski definition) is 0. The summed E-state index contributed by atoms with van der Waals surface area (Å²) < 4.78 is 64.4. The summed E-state index contributed by atoms with van der Waals surface area (Å²) in [6, 6.07) is 6.78. The van der Waals surface area contributed by atoms with Crippen molar-refractivity contribution in [2.45, 2.75) is 51.5 Å². The molecule has 144 valence electrons. The van der Waals surface area contributed by atoms with Gasteiger partial charge in [-0.25, -0.2) is 0 Å². The Balaban J connectivity index is 2.47. The predicted molar refractivity (Wildman–Crippen MR) is 97.2 cm³/mol. The Labute approximate surface area is 155 Å². The Hall–Kier alpha value is -1.54. The lowest BCUT2D eigenvalue weighted by Crippen LogP contribution is -2.28. The molecule has 26 heavy (non-hydrogen) atoms. The van der Waals surface area contributed by atoms with Crippen LogP contribution in [0.5, 0.6) is 5.75 Å². The summed E-state index contributed by atoms with van der Waals surface area (Å²) >= 11 is 1.65. The maximum Gasteiger partial charge on any atom is 0.534 e. The molecule has 1 aromatic carbocycles. The highest BCUT2D eigenvalue weighted by Gasteiger charge is 2.48. The average Bonchev–Trinajstić information content (AvgIpc) is 2.97. The Kier molecular flexibility index (Phi) is 5.77. The van der Waals surface area contributed by atoms with E-state index in [1.165, 1.54) is 10.9 Å². The molecule has 0 fully saturated rings. The van der Waals surface area contributed by atoms with Gasteiger partial charge in [-0.3, -0.25) is 0 Å². The number of rotatable bonds is 6. The van der Waals surface area contributed by atoms with Crippen LogP contribution in [0, 0.1) is 13.8 Å². The van der Waals surface area contributed by atoms with Gasteiger partial charge in [0.25, 0.3) is 0 Å². The Morgan fingerprint density at radius 3 is 2.12 bits per heavy atom. The number of hydrogen-bond acceptors (Lipinski definition) is 4. The zero-order chi connectivity index (χ0) is 19.8. The summed E-state index contributed by atoms with van der Waals surface area (Å²) in [5.41, 5.74) is -3.30. The fourth-order valence-electron chi connectivity index (χ4n) is 3.04. The van der Waals surface area contributed by atoms with Gasteiger partial charge in [-0.05, 0) is 60.9 Å². The molecule has 1 aromatic heterocycles. The van der Waals surface area contributed by atoms with E-state index in [0.717, 1.165) is 24.0 Å². The number of benzene rings is 1. The van der Waals surface area contributed by atoms with Crippen LogP contribution in [0.4, 0.5) is 13.2 Å². The molecule has 0 saturated heterocycles. The molecular formula is C18H21F3O3S2. The van der Waals surface area contributed by atoms with Crippen LogP contribution in [-0.4, -0.2) is 13.9 Å². The molecular weight excluding hydrogens is 385 g/mol. The van der Waals surface area contributed by atoms with Crippen LogP contribution in [0.1, 0.15) is 48.3 Å². The molecule has 0 aliphatic heterocycles. The van der Waals surface area contributed by atoms with Gasteiger partial charge < -0.3 is 4.18 Å². The van der Waals surface area contributed by atoms with Crippen molar-refractivity contribution in [2.24, 2.45) is 0 Å². The number of halogens is 3. The van der Waals surface area contributed by atoms with E-state index in [-0.39, 0.29) is 11.2 Å². The first-order chi connectivity index (χ1) is 12.0. The molecule has 0 amide bonds. The van der Waals surface area contributed by atoms with Gasteiger partial charge in [0.2, 0.25) is 0 Å². The van der Waals surface area contributed by atoms with Crippen molar-refractivity contribution in [3.8, 4) is 5.75 Å². The van der Waals surface area contributed by atoms with Crippen LogP contribution >= 0.6 is 11.3 Å². The summed E-state index contributed by atoms with van der Waals surface area (Å²) in [6.45, 7) is 7.68. The third-order valence-corrected chi connectivity index (χ3v) is 6.84. The zero-order valence-corrected chi connectivity index (χ0v) is 16.6. The van der Waals surface area contributed by atoms with Crippen molar-refractivity contribution in [3.05, 3.63) is 51.2 Å². The fraction of sp³-hybridized carbons (Fsp3) is 0.444. The lowest BCUT2D eigenvalue weighted by atomic mass is 9.74. The molecule has 0 aliphatic carbocycles. The summed E-state index contributed by atoms with van der Waals surface area (Å²) in [6.07, 6.45) is 1.62. The predicted octanol–water partition coefficient (Wildman–Crippen LogP) is 5.70. The molecule has 0 atom stereocenters. The minimum Gasteiger partial charge on any atom is -0.376 e. The first-order valence-corrected chi connectivity index (χ1v) is 10.4. The van der Waals surface area contributed by atoms with Gasteiger partial charge in [0.1, 0.15) is 5.75 Å². The molecule has 0 saturated carbocycles. The summed E-state index contributed by atoms with van der Waals surface area (Å²) in [7, 11) is -5.68. The monoisotopic (exact) mass is 406 g/mol. The largest absolute Gasteiger partial charge is 0.534 e. The van der Waals surface area contributed by atoms with Gasteiger partial charge in [-0.2, -0.15) is 21.6 Å². The smallest absolute Gasteiger partial charge is 0.376 e. The fourth-order valence-corrected chi connectivity index (χ4v) is 4.82. The number of thiophene rings is 1. The van der Waals surface area contributed by atoms with Gasteiger partial charge in [0.05, 0.1) is 0 Å². The average molecular weight is 406 g/mol. The molecule has 8 heteroatoms. The van der Waals surface area contributed by atoms with Crippen LogP contribution in [0.25, 0.3) is 0 Å². The second kappa shape index (κ2) is 7.23. The topological polar surface area (TPSA) is 43.4 Å². The first-order valence-electron chi connectivity index (χ1n) is 8.14. The molecule has 0 N–H and O–H groups in total. The standard InChI is InChI=1S/C18H21F3O3S2/c1-5-17(6-2,16-9-12(3)11-25-16)14-7-8-15(13(4)10-14)24-26(22,23)18(19,20)21/h7-11H,5-6H2,1-4H3. The summed E-state index contributed by atoms with van der Waals surface area (Å²) in [4.78, 5) is 1.18. The second-order valence-corrected chi connectivity index (χ2v) is 8.69. The molecule has 1 heterocycles. The van der Waals surface area contributed by atoms with Crippen molar-refractivity contribution in [3.63, 3.8) is 0 Å². The molecule has 0 bridgehead atoms. The molecule has 2 aromatic rings. The van der Waals surface area contributed by atoms with Gasteiger partial charge in [-0.15, -0.1) is 11.3 Å². The molecule has 2 rings (SSSR count). The minimum absolute atomic E-state index is 0.273. The summed E-state index contributed by atoms with van der Waals surface area (Å²) in [5, 5.41) is 2.07. The number of alkyl halides is 3. The number of aryl methyl sites for hydroxylation is 2. The van der Waals surface area contributed by atoms with Crippen LogP contribution in [0.15, 0.2) is 29.6 Å². The van der Waals surface area contributed by atoms with E-state index in [1.807, 2.05) is 6.92 Å². The van der Waals surface area contributed by atoms with Crippen molar-refractivity contribution < 1.29 is 25.8 Å². The Bertz CT molecular complexity index is 879. The van der Waals surface area contributed by atoms with E-state index < -0.39 is 15.6 Å². The van der Waals surface area contributed by atoms with Gasteiger partial charge >= 0.3 is 15.6 Å². The zero-order valence-electron chi connectivity index (χ0n) is 15.0. The lowest BCUT2D eigenvalue weighted by molar-refractivity contribution is -0.0500. The van der Waals surface area contributed by atoms with E-state index in [9.17, 15) is 21.6 Å². The van der Waals surface area contributed by atoms with Gasteiger partial charge in [-0.1, -0.05) is 26.0 Å². The SMILES string of the molecule is CCC(CC)(c1ccc(OS(=O)(=O)C(F)(F)F)c(C)c1)c1cc(C)cs1. The van der Waals surface area contributed by atoms with Crippen molar-refractivity contribution in [1.82, 2.24) is 0 Å². The van der Waals surface area contributed by atoms with Crippen molar-refractivity contribution >= 4 is 21.5 Å². The van der Waals surface area contributed by atoms with E-state index in [1.54, 1.807) is 30.4 Å². The highest BCUT2D eigenvalue weighted by Crippen LogP contribution is 2.43. The van der Waals surface area contributed by atoms with Crippen molar-refractivity contribution in [2.75, 3.05) is 0 Å². The molecule has 0 radical (unpaired) electrons. The maximum atomic E-state index is 12.5. The maximum absolute atomic E-state index is 12.5. The quantitative estimate of drug-likeness (QED) is 0.457. The third kappa shape index (κ3) is 3.76. The Morgan fingerprint density at radius 1 is 1.08 bits per heavy atom. The van der Waals surface area contributed by atoms with Crippen LogP contribution in [0.3, 0.4) is 0 Å². The van der Waals surface area contributed by atoms with E-state index in [4.69, 9.17) is 0 Å². The minimum atomic E-state index is -5.68. The van der Waals surface area contributed by atoms with Crippen LogP contribution < -0.4 is 4.18 Å². The lowest BCUT2D eigenvalue weighted by Gasteiger charge is -2.32. The first kappa shape index (κ1) is 20.8. The molecule has 0 spiro atoms. The molecule has 3 nitrogen and oxygen atoms in total. The van der Waals surface area contributed by atoms with Gasteiger partial charge in [0.15, 0.2) is 0 Å². The molecule has 0 aliphatic rings. The Morgan fingerprint density at radius 2 is 1.69 bits per heavy atom. The highest BCUT2D eigenvalue weighted by molar-refractivity contribution is 7.88. The van der Waals surface area contributed by atoms with Crippen molar-refractivity contribution in [1.29, 1.82) is 0 Å². The van der Waals surface area contributed by atoms with Crippen LogP contribution in [-0.2, 0) is 15.5 Å². The second-order valence-electron chi connectivity index (χ2n) is 6.24. The van der Waals surface area contributed by atoms with E-state index in [2.05, 4.69) is 29.5 Å². The third-order valence-electron chi connectivity index (χ3n) is 4.62. The van der Waals surface area contributed by atoms with E-state index >= 15 is 0 Å². The normalized spacial score (nSPS) is 13.0.